The van der Waals surface area contributed by atoms with Gasteiger partial charge in [-0.15, -0.1) is 0 Å². The number of rotatable bonds is 9. The van der Waals surface area contributed by atoms with E-state index >= 15 is 0 Å². The van der Waals surface area contributed by atoms with E-state index in [1.807, 2.05) is 0 Å². The fraction of sp³-hybridized carbons (Fsp3) is 0.227. The van der Waals surface area contributed by atoms with Crippen LogP contribution in [-0.4, -0.2) is 53.2 Å². The lowest BCUT2D eigenvalue weighted by atomic mass is 9.92. The Kier molecular flexibility index (Phi) is 7.48. The van der Waals surface area contributed by atoms with Crippen LogP contribution < -0.4 is 15.8 Å². The van der Waals surface area contributed by atoms with Crippen molar-refractivity contribution < 1.29 is 42.1 Å². The number of ether oxygens (including phenoxy) is 2. The Labute approximate surface area is 205 Å². The van der Waals surface area contributed by atoms with Crippen LogP contribution in [0.4, 0.5) is 18.3 Å². The number of amidine groups is 1. The number of hydrogen-bond acceptors (Lipinski definition) is 9. The number of benzene rings is 2. The zero-order chi connectivity index (χ0) is 26.7. The van der Waals surface area contributed by atoms with Crippen molar-refractivity contribution in [1.82, 2.24) is 4.98 Å². The van der Waals surface area contributed by atoms with Gasteiger partial charge in [0.2, 0.25) is 0 Å². The molecule has 0 fully saturated rings. The topological polar surface area (TPSA) is 165 Å². The number of esters is 2. The molecule has 0 spiro atoms. The van der Waals surface area contributed by atoms with Gasteiger partial charge in [-0.25, -0.2) is 14.6 Å². The normalized spacial score (nSPS) is 13.0. The fourth-order valence-electron chi connectivity index (χ4n) is 2.76. The number of nitrogens with two attached hydrogens (primary N) is 1. The fourth-order valence-corrected chi connectivity index (χ4v) is 3.66. The van der Waals surface area contributed by atoms with E-state index in [2.05, 4.69) is 15.0 Å². The van der Waals surface area contributed by atoms with Crippen molar-refractivity contribution in [1.29, 1.82) is 5.41 Å². The zero-order valence-electron chi connectivity index (χ0n) is 18.5. The lowest BCUT2D eigenvalue weighted by molar-refractivity contribution is -0.203. The van der Waals surface area contributed by atoms with Crippen LogP contribution in [0.2, 0.25) is 0 Å². The van der Waals surface area contributed by atoms with Gasteiger partial charge in [0.05, 0.1) is 15.8 Å². The molecule has 1 heterocycles. The number of aliphatic carboxylic acids is 1. The minimum absolute atomic E-state index is 0.126. The first-order chi connectivity index (χ1) is 16.8. The van der Waals surface area contributed by atoms with E-state index in [9.17, 15) is 32.7 Å². The molecule has 1 aromatic heterocycles. The molecule has 0 bridgehead atoms. The molecule has 0 aliphatic rings. The Balaban J connectivity index is 1.68. The Morgan fingerprint density at radius 2 is 1.78 bits per heavy atom. The number of nitrogens with zero attached hydrogens (tertiary/aromatic N) is 1. The number of anilines is 1. The second kappa shape index (κ2) is 10.2. The molecular weight excluding hydrogens is 505 g/mol. The van der Waals surface area contributed by atoms with E-state index < -0.39 is 42.7 Å². The van der Waals surface area contributed by atoms with Gasteiger partial charge in [-0.1, -0.05) is 11.3 Å². The van der Waals surface area contributed by atoms with E-state index in [1.54, 1.807) is 6.07 Å². The Bertz CT molecular complexity index is 1330. The van der Waals surface area contributed by atoms with E-state index in [1.165, 1.54) is 36.4 Å². The molecule has 0 saturated carbocycles. The van der Waals surface area contributed by atoms with Gasteiger partial charge in [0.15, 0.2) is 5.13 Å². The van der Waals surface area contributed by atoms with Crippen LogP contribution >= 0.6 is 11.3 Å². The standard InChI is InChI=1S/C22H19F3N4O6S/c1-21(18(31)32,10-34-19(33)22(23,24)25)9-28-20-29-14-7-4-12(8-15(14)36-20)17(30)35-13-5-2-11(3-6-13)16(26)27/h2-8H,9-10H2,1H3,(H3,26,27)(H,28,29)(H,31,32). The first kappa shape index (κ1) is 26.4. The molecule has 3 aromatic rings. The summed E-state index contributed by atoms with van der Waals surface area (Å²) in [7, 11) is 0. The largest absolute Gasteiger partial charge is 0.490 e. The van der Waals surface area contributed by atoms with Gasteiger partial charge >= 0.3 is 24.1 Å². The number of nitrogen functional groups attached to an aromatic ring is 1. The Morgan fingerprint density at radius 3 is 2.36 bits per heavy atom. The summed E-state index contributed by atoms with van der Waals surface area (Å²) in [6, 6.07) is 10.6. The number of nitrogens with one attached hydrogen (secondary N) is 2. The minimum atomic E-state index is -5.24. The van der Waals surface area contributed by atoms with Crippen LogP contribution in [-0.2, 0) is 14.3 Å². The number of hydrogen-bond donors (Lipinski definition) is 4. The van der Waals surface area contributed by atoms with Crippen molar-refractivity contribution in [2.45, 2.75) is 13.1 Å². The highest BCUT2D eigenvalue weighted by atomic mass is 32.1. The number of aromatic nitrogens is 1. The molecule has 2 aromatic carbocycles. The third-order valence-electron chi connectivity index (χ3n) is 4.90. The zero-order valence-corrected chi connectivity index (χ0v) is 19.3. The van der Waals surface area contributed by atoms with Crippen molar-refractivity contribution >= 4 is 50.4 Å². The first-order valence-corrected chi connectivity index (χ1v) is 10.9. The SMILES string of the molecule is CC(CNc1nc2ccc(C(=O)Oc3ccc(C(=N)N)cc3)cc2s1)(COC(=O)C(F)(F)F)C(=O)O. The monoisotopic (exact) mass is 524 g/mol. The van der Waals surface area contributed by atoms with Gasteiger partial charge in [0.25, 0.3) is 0 Å². The highest BCUT2D eigenvalue weighted by Gasteiger charge is 2.43. The number of carbonyl (C=O) groups is 3. The summed E-state index contributed by atoms with van der Waals surface area (Å²) in [5, 5.41) is 19.8. The van der Waals surface area contributed by atoms with Crippen molar-refractivity contribution in [3.63, 3.8) is 0 Å². The molecule has 36 heavy (non-hydrogen) atoms. The average molecular weight is 524 g/mol. The number of thiazole rings is 1. The number of fused-ring (bicyclic) bond motifs is 1. The summed E-state index contributed by atoms with van der Waals surface area (Å²) in [5.74, 6) is -4.49. The van der Waals surface area contributed by atoms with Gasteiger partial charge in [0.1, 0.15) is 23.6 Å². The maximum Gasteiger partial charge on any atom is 0.490 e. The van der Waals surface area contributed by atoms with Gasteiger partial charge in [-0.05, 0) is 49.4 Å². The summed E-state index contributed by atoms with van der Waals surface area (Å²) >= 11 is 1.07. The average Bonchev–Trinajstić information content (AvgIpc) is 3.23. The third kappa shape index (κ3) is 6.27. The maximum atomic E-state index is 12.5. The molecule has 0 amide bonds. The number of carboxylic acids is 1. The summed E-state index contributed by atoms with van der Waals surface area (Å²) in [6.45, 7) is -0.281. The highest BCUT2D eigenvalue weighted by Crippen LogP contribution is 2.29. The van der Waals surface area contributed by atoms with Crippen molar-refractivity contribution in [2.75, 3.05) is 18.5 Å². The molecular formula is C22H19F3N4O6S. The number of alkyl halides is 3. The second-order valence-corrected chi connectivity index (χ2v) is 8.85. The van der Waals surface area contributed by atoms with Gasteiger partial charge in [-0.3, -0.25) is 10.2 Å². The van der Waals surface area contributed by atoms with E-state index in [0.29, 0.717) is 15.8 Å². The molecule has 1 unspecified atom stereocenters. The predicted molar refractivity (Wildman–Crippen MR) is 123 cm³/mol. The molecule has 14 heteroatoms. The summed E-state index contributed by atoms with van der Waals surface area (Å²) in [5.41, 5.74) is 4.68. The molecule has 190 valence electrons. The van der Waals surface area contributed by atoms with Crippen molar-refractivity contribution in [2.24, 2.45) is 11.1 Å². The Morgan fingerprint density at radius 1 is 1.14 bits per heavy atom. The molecule has 0 saturated heterocycles. The van der Waals surface area contributed by atoms with E-state index in [-0.39, 0.29) is 22.3 Å². The predicted octanol–water partition coefficient (Wildman–Crippen LogP) is 3.41. The Hall–Kier alpha value is -4.20. The van der Waals surface area contributed by atoms with Crippen LogP contribution in [0.3, 0.4) is 0 Å². The van der Waals surface area contributed by atoms with Gasteiger partial charge in [-0.2, -0.15) is 13.2 Å². The molecule has 1 atom stereocenters. The van der Waals surface area contributed by atoms with Crippen LogP contribution in [0, 0.1) is 10.8 Å². The molecule has 0 aliphatic carbocycles. The maximum absolute atomic E-state index is 12.5. The molecule has 5 N–H and O–H groups in total. The van der Waals surface area contributed by atoms with Crippen LogP contribution in [0.15, 0.2) is 42.5 Å². The molecule has 0 aliphatic heterocycles. The van der Waals surface area contributed by atoms with Crippen molar-refractivity contribution in [3.8, 4) is 5.75 Å². The summed E-state index contributed by atoms with van der Waals surface area (Å²) in [6.07, 6.45) is -5.24. The third-order valence-corrected chi connectivity index (χ3v) is 5.88. The lowest BCUT2D eigenvalue weighted by Gasteiger charge is -2.24. The van der Waals surface area contributed by atoms with Gasteiger partial charge < -0.3 is 25.6 Å². The summed E-state index contributed by atoms with van der Waals surface area (Å²) in [4.78, 5) is 39.3. The number of carbonyl (C=O) groups excluding carboxylic acids is 2. The van der Waals surface area contributed by atoms with Crippen LogP contribution in [0.25, 0.3) is 10.2 Å². The molecule has 3 rings (SSSR count). The van der Waals surface area contributed by atoms with Crippen LogP contribution in [0.5, 0.6) is 5.75 Å². The lowest BCUT2D eigenvalue weighted by Crippen LogP contribution is -2.41. The highest BCUT2D eigenvalue weighted by molar-refractivity contribution is 7.22. The number of halogens is 3. The van der Waals surface area contributed by atoms with Gasteiger partial charge in [0, 0.05) is 12.1 Å². The van der Waals surface area contributed by atoms with Crippen molar-refractivity contribution in [3.05, 3.63) is 53.6 Å². The second-order valence-electron chi connectivity index (χ2n) is 7.82. The number of carboxylic acid groups (broad SMARTS) is 1. The first-order valence-electron chi connectivity index (χ1n) is 10.1. The van der Waals surface area contributed by atoms with Crippen LogP contribution in [0.1, 0.15) is 22.8 Å². The summed E-state index contributed by atoms with van der Waals surface area (Å²) < 4.78 is 47.1. The smallest absolute Gasteiger partial charge is 0.481 e. The quantitative estimate of drug-likeness (QED) is 0.142. The molecule has 0 radical (unpaired) electrons. The van der Waals surface area contributed by atoms with E-state index in [4.69, 9.17) is 15.9 Å². The molecule has 10 nitrogen and oxygen atoms in total. The minimum Gasteiger partial charge on any atom is -0.481 e. The van der Waals surface area contributed by atoms with E-state index in [0.717, 1.165) is 18.3 Å².